The predicted octanol–water partition coefficient (Wildman–Crippen LogP) is 3.25. The van der Waals surface area contributed by atoms with E-state index >= 15 is 0 Å². The van der Waals surface area contributed by atoms with Gasteiger partial charge in [0.15, 0.2) is 0 Å². The molecule has 16 heavy (non-hydrogen) atoms. The van der Waals surface area contributed by atoms with E-state index in [4.69, 9.17) is 0 Å². The first kappa shape index (κ1) is 11.7. The standard InChI is InChI=1S/C15H23N/c1-12-8-9-15(13(12)2)16-11-10-14-6-4-3-5-7-14/h3-7,12-13,15-16H,8-11H2,1-2H3. The van der Waals surface area contributed by atoms with Crippen LogP contribution in [0.2, 0.25) is 0 Å². The highest BCUT2D eigenvalue weighted by molar-refractivity contribution is 5.14. The molecule has 0 spiro atoms. The fourth-order valence-corrected chi connectivity index (χ4v) is 2.70. The fourth-order valence-electron chi connectivity index (χ4n) is 2.70. The molecule has 1 aromatic carbocycles. The van der Waals surface area contributed by atoms with Crippen LogP contribution in [-0.4, -0.2) is 12.6 Å². The average molecular weight is 217 g/mol. The molecule has 1 nitrogen and oxygen atoms in total. The summed E-state index contributed by atoms with van der Waals surface area (Å²) in [6, 6.07) is 11.5. The molecule has 1 N–H and O–H groups in total. The lowest BCUT2D eigenvalue weighted by atomic mass is 9.98. The average Bonchev–Trinajstić information content (AvgIpc) is 2.62. The van der Waals surface area contributed by atoms with Crippen molar-refractivity contribution in [3.63, 3.8) is 0 Å². The topological polar surface area (TPSA) is 12.0 Å². The molecular formula is C15H23N. The van der Waals surface area contributed by atoms with Gasteiger partial charge >= 0.3 is 0 Å². The second-order valence-corrected chi connectivity index (χ2v) is 5.21. The molecule has 0 saturated heterocycles. The molecule has 88 valence electrons. The van der Waals surface area contributed by atoms with E-state index in [0.29, 0.717) is 0 Å². The summed E-state index contributed by atoms with van der Waals surface area (Å²) in [4.78, 5) is 0. The zero-order chi connectivity index (χ0) is 11.4. The van der Waals surface area contributed by atoms with Gasteiger partial charge in [-0.05, 0) is 43.2 Å². The SMILES string of the molecule is CC1CCC(NCCc2ccccc2)C1C. The van der Waals surface area contributed by atoms with Crippen molar-refractivity contribution in [2.75, 3.05) is 6.54 Å². The summed E-state index contributed by atoms with van der Waals surface area (Å²) in [6.07, 6.45) is 3.90. The number of rotatable bonds is 4. The van der Waals surface area contributed by atoms with Crippen LogP contribution >= 0.6 is 0 Å². The first-order valence-electron chi connectivity index (χ1n) is 6.54. The minimum Gasteiger partial charge on any atom is -0.313 e. The summed E-state index contributed by atoms with van der Waals surface area (Å²) in [6.45, 7) is 5.88. The molecule has 0 radical (unpaired) electrons. The maximum absolute atomic E-state index is 3.71. The maximum Gasteiger partial charge on any atom is 0.00954 e. The molecule has 1 aliphatic carbocycles. The van der Waals surface area contributed by atoms with Crippen molar-refractivity contribution in [1.29, 1.82) is 0 Å². The Labute approximate surface area is 99.3 Å². The Kier molecular flexibility index (Phi) is 4.00. The van der Waals surface area contributed by atoms with Crippen molar-refractivity contribution in [2.24, 2.45) is 11.8 Å². The molecule has 1 heteroatoms. The van der Waals surface area contributed by atoms with Crippen LogP contribution in [0.25, 0.3) is 0 Å². The molecule has 0 heterocycles. The van der Waals surface area contributed by atoms with E-state index in [1.807, 2.05) is 0 Å². The third kappa shape index (κ3) is 2.85. The van der Waals surface area contributed by atoms with E-state index in [0.717, 1.165) is 30.8 Å². The fraction of sp³-hybridized carbons (Fsp3) is 0.600. The predicted molar refractivity (Wildman–Crippen MR) is 69.5 cm³/mol. The first-order chi connectivity index (χ1) is 7.77. The summed E-state index contributed by atoms with van der Waals surface area (Å²) in [5.74, 6) is 1.74. The summed E-state index contributed by atoms with van der Waals surface area (Å²) >= 11 is 0. The third-order valence-electron chi connectivity index (χ3n) is 4.13. The van der Waals surface area contributed by atoms with Crippen molar-refractivity contribution in [3.8, 4) is 0 Å². The molecule has 1 aromatic rings. The Hall–Kier alpha value is -0.820. The van der Waals surface area contributed by atoms with Crippen LogP contribution in [0.15, 0.2) is 30.3 Å². The van der Waals surface area contributed by atoms with Gasteiger partial charge in [-0.3, -0.25) is 0 Å². The minimum absolute atomic E-state index is 0.749. The zero-order valence-electron chi connectivity index (χ0n) is 10.4. The molecule has 3 unspecified atom stereocenters. The monoisotopic (exact) mass is 217 g/mol. The van der Waals surface area contributed by atoms with Gasteiger partial charge in [0.05, 0.1) is 0 Å². The smallest absolute Gasteiger partial charge is 0.00954 e. The third-order valence-corrected chi connectivity index (χ3v) is 4.13. The first-order valence-corrected chi connectivity index (χ1v) is 6.54. The highest BCUT2D eigenvalue weighted by Gasteiger charge is 2.28. The van der Waals surface area contributed by atoms with E-state index in [-0.39, 0.29) is 0 Å². The van der Waals surface area contributed by atoms with Gasteiger partial charge in [-0.2, -0.15) is 0 Å². The Bertz CT molecular complexity index is 306. The lowest BCUT2D eigenvalue weighted by Gasteiger charge is -2.19. The molecule has 0 aliphatic heterocycles. The largest absolute Gasteiger partial charge is 0.313 e. The highest BCUT2D eigenvalue weighted by Crippen LogP contribution is 2.30. The molecule has 1 fully saturated rings. The molecule has 1 aliphatic rings. The van der Waals surface area contributed by atoms with Gasteiger partial charge in [-0.25, -0.2) is 0 Å². The Balaban J connectivity index is 1.73. The quantitative estimate of drug-likeness (QED) is 0.816. The van der Waals surface area contributed by atoms with Gasteiger partial charge in [0.1, 0.15) is 0 Å². The summed E-state index contributed by atoms with van der Waals surface area (Å²) in [5, 5.41) is 3.71. The minimum atomic E-state index is 0.749. The van der Waals surface area contributed by atoms with E-state index < -0.39 is 0 Å². The molecule has 3 atom stereocenters. The van der Waals surface area contributed by atoms with Crippen LogP contribution < -0.4 is 5.32 Å². The summed E-state index contributed by atoms with van der Waals surface area (Å²) in [5.41, 5.74) is 1.44. The number of nitrogens with one attached hydrogen (secondary N) is 1. The lowest BCUT2D eigenvalue weighted by Crippen LogP contribution is -2.33. The summed E-state index contributed by atoms with van der Waals surface area (Å²) < 4.78 is 0. The highest BCUT2D eigenvalue weighted by atomic mass is 14.9. The normalized spacial score (nSPS) is 29.5. The van der Waals surface area contributed by atoms with E-state index in [1.54, 1.807) is 0 Å². The van der Waals surface area contributed by atoms with Crippen molar-refractivity contribution in [3.05, 3.63) is 35.9 Å². The molecule has 2 rings (SSSR count). The van der Waals surface area contributed by atoms with Crippen LogP contribution in [-0.2, 0) is 6.42 Å². The van der Waals surface area contributed by atoms with Gasteiger partial charge < -0.3 is 5.32 Å². The summed E-state index contributed by atoms with van der Waals surface area (Å²) in [7, 11) is 0. The van der Waals surface area contributed by atoms with Crippen LogP contribution in [0.5, 0.6) is 0 Å². The maximum atomic E-state index is 3.71. The van der Waals surface area contributed by atoms with E-state index in [2.05, 4.69) is 49.5 Å². The Morgan fingerprint density at radius 3 is 2.50 bits per heavy atom. The number of benzene rings is 1. The van der Waals surface area contributed by atoms with Crippen molar-refractivity contribution < 1.29 is 0 Å². The molecule has 0 bridgehead atoms. The number of hydrogen-bond donors (Lipinski definition) is 1. The van der Waals surface area contributed by atoms with Crippen LogP contribution in [0.4, 0.5) is 0 Å². The van der Waals surface area contributed by atoms with Gasteiger partial charge in [-0.15, -0.1) is 0 Å². The van der Waals surface area contributed by atoms with Gasteiger partial charge in [0.2, 0.25) is 0 Å². The van der Waals surface area contributed by atoms with Crippen molar-refractivity contribution >= 4 is 0 Å². The molecule has 0 aromatic heterocycles. The lowest BCUT2D eigenvalue weighted by molar-refractivity contribution is 0.372. The Morgan fingerprint density at radius 1 is 1.12 bits per heavy atom. The second-order valence-electron chi connectivity index (χ2n) is 5.21. The van der Waals surface area contributed by atoms with Crippen LogP contribution in [0, 0.1) is 11.8 Å². The van der Waals surface area contributed by atoms with Crippen LogP contribution in [0.1, 0.15) is 32.3 Å². The van der Waals surface area contributed by atoms with Crippen molar-refractivity contribution in [2.45, 2.75) is 39.2 Å². The molecule has 0 amide bonds. The van der Waals surface area contributed by atoms with Crippen LogP contribution in [0.3, 0.4) is 0 Å². The van der Waals surface area contributed by atoms with Gasteiger partial charge in [-0.1, -0.05) is 44.2 Å². The van der Waals surface area contributed by atoms with Gasteiger partial charge in [0, 0.05) is 6.04 Å². The number of hydrogen-bond acceptors (Lipinski definition) is 1. The van der Waals surface area contributed by atoms with E-state index in [1.165, 1.54) is 18.4 Å². The van der Waals surface area contributed by atoms with Gasteiger partial charge in [0.25, 0.3) is 0 Å². The zero-order valence-corrected chi connectivity index (χ0v) is 10.4. The second kappa shape index (κ2) is 5.49. The Morgan fingerprint density at radius 2 is 1.88 bits per heavy atom. The molecular weight excluding hydrogens is 194 g/mol. The molecule has 1 saturated carbocycles. The van der Waals surface area contributed by atoms with E-state index in [9.17, 15) is 0 Å². The van der Waals surface area contributed by atoms with Crippen molar-refractivity contribution in [1.82, 2.24) is 5.32 Å².